The third-order valence-electron chi connectivity index (χ3n) is 5.02. The molecule has 0 amide bonds. The van der Waals surface area contributed by atoms with Crippen molar-refractivity contribution < 1.29 is 17.2 Å². The predicted octanol–water partition coefficient (Wildman–Crippen LogP) is 5.84. The van der Waals surface area contributed by atoms with E-state index in [1.165, 1.54) is 29.5 Å². The molecule has 0 saturated carbocycles. The Balaban J connectivity index is 1.47. The second kappa shape index (κ2) is 8.42. The molecule has 2 heterocycles. The molecule has 30 heavy (non-hydrogen) atoms. The molecule has 0 atom stereocenters. The van der Waals surface area contributed by atoms with Gasteiger partial charge in [0.15, 0.2) is 15.0 Å². The van der Waals surface area contributed by atoms with E-state index in [1.807, 2.05) is 10.3 Å². The van der Waals surface area contributed by atoms with Crippen molar-refractivity contribution in [2.75, 3.05) is 18.0 Å². The highest BCUT2D eigenvalue weighted by Crippen LogP contribution is 2.33. The highest BCUT2D eigenvalue weighted by molar-refractivity contribution is 7.92. The number of anilines is 1. The van der Waals surface area contributed by atoms with E-state index in [0.717, 1.165) is 17.3 Å². The summed E-state index contributed by atoms with van der Waals surface area (Å²) >= 11 is 13.1. The van der Waals surface area contributed by atoms with Gasteiger partial charge in [0.25, 0.3) is 0 Å². The van der Waals surface area contributed by atoms with Gasteiger partial charge in [-0.15, -0.1) is 11.3 Å². The Morgan fingerprint density at radius 1 is 1.07 bits per heavy atom. The summed E-state index contributed by atoms with van der Waals surface area (Å²) in [4.78, 5) is 6.61. The van der Waals surface area contributed by atoms with E-state index >= 15 is 0 Å². The SMILES string of the molecule is O=S(=O)(c1ccc(F)c(Cl)c1)C1CCN(c2nc(-c3cc(F)cc(Cl)c3)cs2)CC1. The topological polar surface area (TPSA) is 50.3 Å². The maximum absolute atomic E-state index is 13.6. The number of piperidine rings is 1. The summed E-state index contributed by atoms with van der Waals surface area (Å²) in [6.45, 7) is 1.02. The average Bonchev–Trinajstić information content (AvgIpc) is 3.20. The smallest absolute Gasteiger partial charge is 0.185 e. The van der Waals surface area contributed by atoms with Gasteiger partial charge in [-0.1, -0.05) is 23.2 Å². The normalized spacial score (nSPS) is 15.5. The minimum atomic E-state index is -3.61. The zero-order valence-electron chi connectivity index (χ0n) is 15.5. The first-order chi connectivity index (χ1) is 14.2. The number of aromatic nitrogens is 1. The fourth-order valence-corrected chi connectivity index (χ4v) is 6.56. The van der Waals surface area contributed by atoms with Crippen LogP contribution in [0.15, 0.2) is 46.7 Å². The number of nitrogens with zero attached hydrogens (tertiary/aromatic N) is 2. The lowest BCUT2D eigenvalue weighted by Crippen LogP contribution is -2.39. The van der Waals surface area contributed by atoms with Crippen LogP contribution in [0, 0.1) is 11.6 Å². The fourth-order valence-electron chi connectivity index (χ4n) is 3.45. The Hall–Kier alpha value is -1.74. The molecule has 1 fully saturated rings. The molecule has 0 aliphatic carbocycles. The molecule has 0 bridgehead atoms. The van der Waals surface area contributed by atoms with Crippen LogP contribution in [0.2, 0.25) is 10.0 Å². The van der Waals surface area contributed by atoms with E-state index in [1.54, 1.807) is 6.07 Å². The van der Waals surface area contributed by atoms with Crippen LogP contribution >= 0.6 is 34.5 Å². The minimum absolute atomic E-state index is 0.0341. The number of thiazole rings is 1. The highest BCUT2D eigenvalue weighted by atomic mass is 35.5. The van der Waals surface area contributed by atoms with Gasteiger partial charge in [0.05, 0.1) is 20.9 Å². The van der Waals surface area contributed by atoms with Gasteiger partial charge in [-0.25, -0.2) is 22.2 Å². The maximum atomic E-state index is 13.6. The van der Waals surface area contributed by atoms with E-state index in [9.17, 15) is 17.2 Å². The van der Waals surface area contributed by atoms with Crippen LogP contribution in [0.4, 0.5) is 13.9 Å². The summed E-state index contributed by atoms with van der Waals surface area (Å²) in [6, 6.07) is 7.74. The maximum Gasteiger partial charge on any atom is 0.185 e. The fraction of sp³-hybridized carbons (Fsp3) is 0.250. The monoisotopic (exact) mass is 488 g/mol. The number of sulfone groups is 1. The quantitative estimate of drug-likeness (QED) is 0.433. The first-order valence-electron chi connectivity index (χ1n) is 9.10. The predicted molar refractivity (Wildman–Crippen MR) is 116 cm³/mol. The Morgan fingerprint density at radius 3 is 2.47 bits per heavy atom. The highest BCUT2D eigenvalue weighted by Gasteiger charge is 2.32. The van der Waals surface area contributed by atoms with E-state index in [2.05, 4.69) is 4.98 Å². The van der Waals surface area contributed by atoms with Crippen molar-refractivity contribution in [2.24, 2.45) is 0 Å². The Labute approximate surface area is 187 Å². The molecular formula is C20H16Cl2F2N2O2S2. The van der Waals surface area contributed by atoms with Crippen molar-refractivity contribution in [1.29, 1.82) is 0 Å². The lowest BCUT2D eigenvalue weighted by atomic mass is 10.1. The second-order valence-electron chi connectivity index (χ2n) is 6.98. The molecule has 1 aliphatic heterocycles. The lowest BCUT2D eigenvalue weighted by Gasteiger charge is -2.31. The van der Waals surface area contributed by atoms with Crippen molar-refractivity contribution in [1.82, 2.24) is 4.98 Å². The number of hydrogen-bond donors (Lipinski definition) is 0. The summed E-state index contributed by atoms with van der Waals surface area (Å²) in [5.74, 6) is -1.08. The molecule has 2 aromatic carbocycles. The first-order valence-corrected chi connectivity index (χ1v) is 12.3. The van der Waals surface area contributed by atoms with Gasteiger partial charge in [-0.05, 0) is 49.2 Å². The standard InChI is InChI=1S/C20H16Cl2F2N2O2S2/c21-13-7-12(8-14(23)9-13)19-11-29-20(25-19)26-5-3-15(4-6-26)30(27,28)16-1-2-18(24)17(22)10-16/h1-2,7-11,15H,3-6H2. The van der Waals surface area contributed by atoms with E-state index < -0.39 is 26.7 Å². The van der Waals surface area contributed by atoms with E-state index in [4.69, 9.17) is 23.2 Å². The summed E-state index contributed by atoms with van der Waals surface area (Å²) < 4.78 is 52.8. The van der Waals surface area contributed by atoms with Crippen molar-refractivity contribution >= 4 is 49.5 Å². The number of halogens is 4. The third-order valence-corrected chi connectivity index (χ3v) is 8.69. The lowest BCUT2D eigenvalue weighted by molar-refractivity contribution is 0.529. The molecule has 0 radical (unpaired) electrons. The number of hydrogen-bond acceptors (Lipinski definition) is 5. The van der Waals surface area contributed by atoms with Gasteiger partial charge in [0, 0.05) is 29.1 Å². The van der Waals surface area contributed by atoms with E-state index in [-0.39, 0.29) is 9.92 Å². The van der Waals surface area contributed by atoms with Crippen molar-refractivity contribution in [3.8, 4) is 11.3 Å². The van der Waals surface area contributed by atoms with Crippen LogP contribution in [-0.2, 0) is 9.84 Å². The molecule has 4 nitrogen and oxygen atoms in total. The summed E-state index contributed by atoms with van der Waals surface area (Å²) in [5, 5.41) is 2.08. The Kier molecular flexibility index (Phi) is 6.03. The zero-order chi connectivity index (χ0) is 21.5. The van der Waals surface area contributed by atoms with Crippen LogP contribution in [0.1, 0.15) is 12.8 Å². The van der Waals surface area contributed by atoms with Gasteiger partial charge in [0.2, 0.25) is 0 Å². The molecule has 1 saturated heterocycles. The van der Waals surface area contributed by atoms with Gasteiger partial charge in [-0.2, -0.15) is 0 Å². The molecule has 158 valence electrons. The summed E-state index contributed by atoms with van der Waals surface area (Å²) in [5.41, 5.74) is 1.21. The van der Waals surface area contributed by atoms with Gasteiger partial charge < -0.3 is 4.90 Å². The first kappa shape index (κ1) is 21.5. The number of benzene rings is 2. The van der Waals surface area contributed by atoms with Crippen LogP contribution in [0.25, 0.3) is 11.3 Å². The third kappa shape index (κ3) is 4.32. The average molecular weight is 489 g/mol. The van der Waals surface area contributed by atoms with E-state index in [0.29, 0.717) is 42.2 Å². The molecule has 1 aliphatic rings. The minimum Gasteiger partial charge on any atom is -0.348 e. The van der Waals surface area contributed by atoms with Crippen LogP contribution in [0.5, 0.6) is 0 Å². The zero-order valence-corrected chi connectivity index (χ0v) is 18.6. The molecule has 0 spiro atoms. The van der Waals surface area contributed by atoms with Crippen molar-refractivity contribution in [3.05, 3.63) is 63.5 Å². The largest absolute Gasteiger partial charge is 0.348 e. The second-order valence-corrected chi connectivity index (χ2v) is 10.9. The van der Waals surface area contributed by atoms with Crippen molar-refractivity contribution in [2.45, 2.75) is 23.0 Å². The van der Waals surface area contributed by atoms with Crippen LogP contribution in [-0.4, -0.2) is 31.7 Å². The van der Waals surface area contributed by atoms with Gasteiger partial charge in [-0.3, -0.25) is 0 Å². The Bertz CT molecular complexity index is 1170. The molecule has 0 unspecified atom stereocenters. The van der Waals surface area contributed by atoms with Crippen LogP contribution < -0.4 is 4.90 Å². The summed E-state index contributed by atoms with van der Waals surface area (Å²) in [7, 11) is -3.61. The molecule has 3 aromatic rings. The molecule has 0 N–H and O–H groups in total. The molecule has 4 rings (SSSR count). The molecule has 10 heteroatoms. The number of rotatable bonds is 4. The molecule has 1 aromatic heterocycles. The Morgan fingerprint density at radius 2 is 1.80 bits per heavy atom. The van der Waals surface area contributed by atoms with Crippen molar-refractivity contribution in [3.63, 3.8) is 0 Å². The summed E-state index contributed by atoms with van der Waals surface area (Å²) in [6.07, 6.45) is 0.829. The van der Waals surface area contributed by atoms with Gasteiger partial charge in [0.1, 0.15) is 11.6 Å². The molecular weight excluding hydrogens is 473 g/mol. The van der Waals surface area contributed by atoms with Gasteiger partial charge >= 0.3 is 0 Å². The van der Waals surface area contributed by atoms with Crippen LogP contribution in [0.3, 0.4) is 0 Å².